The van der Waals surface area contributed by atoms with Gasteiger partial charge in [0.1, 0.15) is 11.8 Å². The maximum absolute atomic E-state index is 8.78. The summed E-state index contributed by atoms with van der Waals surface area (Å²) in [7, 11) is 0. The van der Waals surface area contributed by atoms with Crippen LogP contribution in [0.1, 0.15) is 18.2 Å². The SMILES string of the molecule is C[C@H]1CNCCN1Cc1ccnc(C#N)c1. The number of pyridine rings is 1. The molecule has 0 aromatic carbocycles. The third kappa shape index (κ3) is 2.57. The lowest BCUT2D eigenvalue weighted by molar-refractivity contribution is 0.165. The van der Waals surface area contributed by atoms with Crippen LogP contribution in [0.4, 0.5) is 0 Å². The molecule has 1 aromatic rings. The monoisotopic (exact) mass is 216 g/mol. The second-order valence-corrected chi connectivity index (χ2v) is 4.18. The van der Waals surface area contributed by atoms with Gasteiger partial charge in [-0.05, 0) is 24.6 Å². The van der Waals surface area contributed by atoms with E-state index in [-0.39, 0.29) is 0 Å². The van der Waals surface area contributed by atoms with E-state index < -0.39 is 0 Å². The molecule has 1 aliphatic rings. The highest BCUT2D eigenvalue weighted by atomic mass is 15.2. The number of nitrogens with one attached hydrogen (secondary N) is 1. The van der Waals surface area contributed by atoms with Gasteiger partial charge in [-0.25, -0.2) is 4.98 Å². The van der Waals surface area contributed by atoms with Crippen LogP contribution in [0.3, 0.4) is 0 Å². The molecule has 0 aliphatic carbocycles. The van der Waals surface area contributed by atoms with Gasteiger partial charge >= 0.3 is 0 Å². The first-order chi connectivity index (χ1) is 7.79. The first-order valence-electron chi connectivity index (χ1n) is 5.59. The van der Waals surface area contributed by atoms with E-state index >= 15 is 0 Å². The van der Waals surface area contributed by atoms with Crippen molar-refractivity contribution in [2.24, 2.45) is 0 Å². The minimum atomic E-state index is 0.500. The highest BCUT2D eigenvalue weighted by molar-refractivity contribution is 5.25. The summed E-state index contributed by atoms with van der Waals surface area (Å²) in [6.45, 7) is 6.26. The minimum Gasteiger partial charge on any atom is -0.314 e. The fourth-order valence-electron chi connectivity index (χ4n) is 1.99. The fraction of sp³-hybridized carbons (Fsp3) is 0.500. The Bertz CT molecular complexity index is 396. The normalized spacial score (nSPS) is 21.6. The van der Waals surface area contributed by atoms with Crippen molar-refractivity contribution in [1.82, 2.24) is 15.2 Å². The Kier molecular flexibility index (Phi) is 3.50. The molecule has 1 aliphatic heterocycles. The van der Waals surface area contributed by atoms with Crippen molar-refractivity contribution < 1.29 is 0 Å². The van der Waals surface area contributed by atoms with Gasteiger partial charge in [0.15, 0.2) is 0 Å². The molecule has 1 saturated heterocycles. The van der Waals surface area contributed by atoms with Crippen molar-refractivity contribution >= 4 is 0 Å². The third-order valence-corrected chi connectivity index (χ3v) is 2.96. The number of rotatable bonds is 2. The molecule has 0 spiro atoms. The van der Waals surface area contributed by atoms with Crippen LogP contribution in [-0.4, -0.2) is 35.6 Å². The quantitative estimate of drug-likeness (QED) is 0.792. The molecule has 4 nitrogen and oxygen atoms in total. The molecule has 4 heteroatoms. The third-order valence-electron chi connectivity index (χ3n) is 2.96. The predicted molar refractivity (Wildman–Crippen MR) is 61.7 cm³/mol. The van der Waals surface area contributed by atoms with E-state index in [1.807, 2.05) is 12.1 Å². The standard InChI is InChI=1S/C12H16N4/c1-10-8-14-4-5-16(10)9-11-2-3-15-12(6-11)7-13/h2-3,6,10,14H,4-5,8-9H2,1H3/t10-/m0/s1. The molecular weight excluding hydrogens is 200 g/mol. The molecule has 1 fully saturated rings. The fourth-order valence-corrected chi connectivity index (χ4v) is 1.99. The molecule has 84 valence electrons. The second kappa shape index (κ2) is 5.06. The molecular formula is C12H16N4. The number of hydrogen-bond donors (Lipinski definition) is 1. The van der Waals surface area contributed by atoms with Crippen LogP contribution in [0.15, 0.2) is 18.3 Å². The van der Waals surface area contributed by atoms with Gasteiger partial charge in [-0.2, -0.15) is 5.26 Å². The molecule has 2 rings (SSSR count). The number of nitrogens with zero attached hydrogens (tertiary/aromatic N) is 3. The molecule has 1 atom stereocenters. The molecule has 2 heterocycles. The van der Waals surface area contributed by atoms with Crippen LogP contribution in [0.2, 0.25) is 0 Å². The van der Waals surface area contributed by atoms with Crippen LogP contribution in [0.25, 0.3) is 0 Å². The van der Waals surface area contributed by atoms with Crippen molar-refractivity contribution in [3.8, 4) is 6.07 Å². The first kappa shape index (κ1) is 11.1. The Hall–Kier alpha value is -1.44. The van der Waals surface area contributed by atoms with Gasteiger partial charge in [-0.15, -0.1) is 0 Å². The zero-order valence-electron chi connectivity index (χ0n) is 9.48. The van der Waals surface area contributed by atoms with Crippen molar-refractivity contribution in [2.45, 2.75) is 19.5 Å². The van der Waals surface area contributed by atoms with Crippen LogP contribution in [0, 0.1) is 11.3 Å². The van der Waals surface area contributed by atoms with Crippen LogP contribution < -0.4 is 5.32 Å². The van der Waals surface area contributed by atoms with Crippen LogP contribution >= 0.6 is 0 Å². The number of hydrogen-bond acceptors (Lipinski definition) is 4. The lowest BCUT2D eigenvalue weighted by Crippen LogP contribution is -2.49. The lowest BCUT2D eigenvalue weighted by atomic mass is 10.1. The molecule has 0 saturated carbocycles. The van der Waals surface area contributed by atoms with Gasteiger partial charge in [0.25, 0.3) is 0 Å². The Balaban J connectivity index is 2.05. The summed E-state index contributed by atoms with van der Waals surface area (Å²) in [5.41, 5.74) is 1.67. The minimum absolute atomic E-state index is 0.500. The van der Waals surface area contributed by atoms with Gasteiger partial charge in [-0.1, -0.05) is 0 Å². The van der Waals surface area contributed by atoms with Gasteiger partial charge in [0.2, 0.25) is 0 Å². The maximum atomic E-state index is 8.78. The summed E-state index contributed by atoms with van der Waals surface area (Å²) in [6.07, 6.45) is 1.71. The highest BCUT2D eigenvalue weighted by Crippen LogP contribution is 2.10. The van der Waals surface area contributed by atoms with Crippen molar-refractivity contribution in [2.75, 3.05) is 19.6 Å². The van der Waals surface area contributed by atoms with Crippen LogP contribution in [0.5, 0.6) is 0 Å². The summed E-state index contributed by atoms with van der Waals surface area (Å²) in [4.78, 5) is 6.40. The Morgan fingerprint density at radius 1 is 1.69 bits per heavy atom. The van der Waals surface area contributed by atoms with E-state index in [0.29, 0.717) is 11.7 Å². The number of aromatic nitrogens is 1. The molecule has 0 bridgehead atoms. The average Bonchev–Trinajstić information content (AvgIpc) is 2.32. The zero-order valence-corrected chi connectivity index (χ0v) is 9.48. The summed E-state index contributed by atoms with van der Waals surface area (Å²) in [5.74, 6) is 0. The lowest BCUT2D eigenvalue weighted by Gasteiger charge is -2.33. The summed E-state index contributed by atoms with van der Waals surface area (Å²) < 4.78 is 0. The van der Waals surface area contributed by atoms with Gasteiger partial charge < -0.3 is 5.32 Å². The van der Waals surface area contributed by atoms with E-state index in [1.54, 1.807) is 6.20 Å². The van der Waals surface area contributed by atoms with Crippen molar-refractivity contribution in [3.63, 3.8) is 0 Å². The molecule has 1 N–H and O–H groups in total. The molecule has 0 radical (unpaired) electrons. The largest absolute Gasteiger partial charge is 0.314 e. The highest BCUT2D eigenvalue weighted by Gasteiger charge is 2.17. The molecule has 0 amide bonds. The smallest absolute Gasteiger partial charge is 0.140 e. The zero-order chi connectivity index (χ0) is 11.4. The summed E-state index contributed by atoms with van der Waals surface area (Å²) in [5, 5.41) is 12.2. The molecule has 1 aromatic heterocycles. The molecule has 0 unspecified atom stereocenters. The van der Waals surface area contributed by atoms with Gasteiger partial charge in [0.05, 0.1) is 0 Å². The number of nitriles is 1. The number of piperazine rings is 1. The van der Waals surface area contributed by atoms with E-state index in [0.717, 1.165) is 26.2 Å². The van der Waals surface area contributed by atoms with E-state index in [2.05, 4.69) is 28.2 Å². The second-order valence-electron chi connectivity index (χ2n) is 4.18. The maximum Gasteiger partial charge on any atom is 0.140 e. The molecule has 16 heavy (non-hydrogen) atoms. The summed E-state index contributed by atoms with van der Waals surface area (Å²) >= 11 is 0. The van der Waals surface area contributed by atoms with Crippen molar-refractivity contribution in [3.05, 3.63) is 29.6 Å². The van der Waals surface area contributed by atoms with Gasteiger partial charge in [-0.3, -0.25) is 4.90 Å². The Labute approximate surface area is 95.9 Å². The average molecular weight is 216 g/mol. The Morgan fingerprint density at radius 2 is 2.56 bits per heavy atom. The first-order valence-corrected chi connectivity index (χ1v) is 5.59. The van der Waals surface area contributed by atoms with Crippen LogP contribution in [-0.2, 0) is 6.54 Å². The Morgan fingerprint density at radius 3 is 3.31 bits per heavy atom. The predicted octanol–water partition coefficient (Wildman–Crippen LogP) is 0.747. The van der Waals surface area contributed by atoms with E-state index in [9.17, 15) is 0 Å². The van der Waals surface area contributed by atoms with Gasteiger partial charge in [0, 0.05) is 38.4 Å². The topological polar surface area (TPSA) is 52.0 Å². The summed E-state index contributed by atoms with van der Waals surface area (Å²) in [6, 6.07) is 6.47. The van der Waals surface area contributed by atoms with Crippen molar-refractivity contribution in [1.29, 1.82) is 5.26 Å². The van der Waals surface area contributed by atoms with E-state index in [1.165, 1.54) is 5.56 Å². The van der Waals surface area contributed by atoms with E-state index in [4.69, 9.17) is 5.26 Å².